The van der Waals surface area contributed by atoms with Gasteiger partial charge in [-0.2, -0.15) is 4.99 Å². The van der Waals surface area contributed by atoms with Gasteiger partial charge in [-0.15, -0.1) is 0 Å². The summed E-state index contributed by atoms with van der Waals surface area (Å²) in [6.45, 7) is 7.00. The number of aryl methyl sites for hydroxylation is 2. The Bertz CT molecular complexity index is 1470. The molecule has 0 atom stereocenters. The van der Waals surface area contributed by atoms with Crippen molar-refractivity contribution in [2.24, 2.45) is 4.99 Å². The molecule has 10 heteroatoms. The number of nitrogens with one attached hydrogen (secondary N) is 3. The van der Waals surface area contributed by atoms with Gasteiger partial charge in [-0.3, -0.25) is 5.32 Å². The summed E-state index contributed by atoms with van der Waals surface area (Å²) in [6, 6.07) is 27.9. The molecular weight excluding hydrogens is 540 g/mol. The summed E-state index contributed by atoms with van der Waals surface area (Å²) in [6.07, 6.45) is 0. The predicted octanol–water partition coefficient (Wildman–Crippen LogP) is 6.48. The lowest BCUT2D eigenvalue weighted by molar-refractivity contribution is 0.385. The number of piperazine rings is 1. The second-order valence-electron chi connectivity index (χ2n) is 9.49. The molecule has 0 unspecified atom stereocenters. The standard InChI is InChI=1S/C30H31ClN8S/c1-21-19-22(2)33-28(32-21)36-29(39-17-15-38(16-18-39)27-10-6-7-23(31)20-27)37-30(40)35-26-13-11-25(12-14-26)34-24-8-4-3-5-9-24/h3-14,19-20,34H,15-18H2,1-2H3,(H2,32,33,35,36,37,40). The first-order valence-corrected chi connectivity index (χ1v) is 13.9. The maximum atomic E-state index is 6.22. The van der Waals surface area contributed by atoms with E-state index in [2.05, 4.69) is 41.8 Å². The number of anilines is 5. The van der Waals surface area contributed by atoms with E-state index in [4.69, 9.17) is 28.8 Å². The summed E-state index contributed by atoms with van der Waals surface area (Å²) in [5, 5.41) is 11.0. The molecule has 204 valence electrons. The summed E-state index contributed by atoms with van der Waals surface area (Å²) in [5.41, 5.74) is 5.73. The van der Waals surface area contributed by atoms with Gasteiger partial charge in [0.1, 0.15) is 0 Å². The van der Waals surface area contributed by atoms with Crippen LogP contribution in [-0.2, 0) is 0 Å². The highest BCUT2D eigenvalue weighted by atomic mass is 35.5. The Balaban J connectivity index is 1.29. The van der Waals surface area contributed by atoms with Crippen molar-refractivity contribution in [3.8, 4) is 0 Å². The average molecular weight is 571 g/mol. The van der Waals surface area contributed by atoms with Crippen LogP contribution in [0.4, 0.5) is 28.7 Å². The number of aliphatic imine (C=N–C) groups is 1. The molecule has 5 rings (SSSR count). The Morgan fingerprint density at radius 1 is 0.775 bits per heavy atom. The SMILES string of the molecule is Cc1cc(C)nc(N/C(=N/C(=S)Nc2ccc(Nc3ccccc3)cc2)N2CCN(c3cccc(Cl)c3)CC2)n1. The van der Waals surface area contributed by atoms with E-state index in [-0.39, 0.29) is 0 Å². The van der Waals surface area contributed by atoms with Gasteiger partial charge in [0.05, 0.1) is 0 Å². The summed E-state index contributed by atoms with van der Waals surface area (Å²) in [4.78, 5) is 18.4. The summed E-state index contributed by atoms with van der Waals surface area (Å²) >= 11 is 11.9. The van der Waals surface area contributed by atoms with E-state index in [1.54, 1.807) is 0 Å². The third-order valence-electron chi connectivity index (χ3n) is 6.36. The molecule has 3 aromatic carbocycles. The lowest BCUT2D eigenvalue weighted by Gasteiger charge is -2.37. The highest BCUT2D eigenvalue weighted by Crippen LogP contribution is 2.22. The molecule has 1 aliphatic heterocycles. The van der Waals surface area contributed by atoms with Gasteiger partial charge >= 0.3 is 0 Å². The molecule has 4 aromatic rings. The van der Waals surface area contributed by atoms with Gasteiger partial charge in [-0.05, 0) is 86.7 Å². The van der Waals surface area contributed by atoms with Crippen LogP contribution < -0.4 is 20.9 Å². The lowest BCUT2D eigenvalue weighted by Crippen LogP contribution is -2.51. The zero-order chi connectivity index (χ0) is 27.9. The van der Waals surface area contributed by atoms with E-state index in [1.165, 1.54) is 0 Å². The first kappa shape index (κ1) is 27.4. The number of aromatic nitrogens is 2. The van der Waals surface area contributed by atoms with Gasteiger partial charge in [-0.1, -0.05) is 35.9 Å². The molecule has 2 heterocycles. The smallest absolute Gasteiger partial charge is 0.229 e. The lowest BCUT2D eigenvalue weighted by atomic mass is 10.2. The second kappa shape index (κ2) is 12.8. The van der Waals surface area contributed by atoms with Crippen LogP contribution in [0.2, 0.25) is 5.02 Å². The van der Waals surface area contributed by atoms with Gasteiger partial charge in [-0.25, -0.2) is 9.97 Å². The van der Waals surface area contributed by atoms with E-state index in [9.17, 15) is 0 Å². The minimum Gasteiger partial charge on any atom is -0.368 e. The molecule has 1 aliphatic rings. The first-order chi connectivity index (χ1) is 19.4. The molecule has 40 heavy (non-hydrogen) atoms. The molecule has 0 amide bonds. The highest BCUT2D eigenvalue weighted by Gasteiger charge is 2.22. The number of benzene rings is 3. The van der Waals surface area contributed by atoms with Gasteiger partial charge < -0.3 is 20.4 Å². The molecule has 1 saturated heterocycles. The van der Waals surface area contributed by atoms with E-state index in [0.29, 0.717) is 17.0 Å². The fourth-order valence-electron chi connectivity index (χ4n) is 4.48. The summed E-state index contributed by atoms with van der Waals surface area (Å²) in [5.74, 6) is 1.10. The first-order valence-electron chi connectivity index (χ1n) is 13.1. The van der Waals surface area contributed by atoms with Crippen LogP contribution >= 0.6 is 23.8 Å². The van der Waals surface area contributed by atoms with Crippen LogP contribution in [-0.4, -0.2) is 52.1 Å². The number of thiocarbonyl (C=S) groups is 1. The third-order valence-corrected chi connectivity index (χ3v) is 6.79. The fraction of sp³-hybridized carbons (Fsp3) is 0.200. The number of hydrogen-bond acceptors (Lipinski definition) is 5. The predicted molar refractivity (Wildman–Crippen MR) is 170 cm³/mol. The molecule has 0 spiro atoms. The molecule has 0 aliphatic carbocycles. The van der Waals surface area contributed by atoms with Gasteiger partial charge in [0.15, 0.2) is 0 Å². The van der Waals surface area contributed by atoms with Crippen LogP contribution in [0.5, 0.6) is 0 Å². The third kappa shape index (κ3) is 7.46. The average Bonchev–Trinajstić information content (AvgIpc) is 2.94. The Morgan fingerprint density at radius 2 is 1.43 bits per heavy atom. The van der Waals surface area contributed by atoms with Crippen LogP contribution in [0.25, 0.3) is 0 Å². The Hall–Kier alpha value is -4.21. The van der Waals surface area contributed by atoms with Crippen molar-refractivity contribution in [3.05, 3.63) is 101 Å². The van der Waals surface area contributed by atoms with Crippen molar-refractivity contribution in [2.75, 3.05) is 47.0 Å². The highest BCUT2D eigenvalue weighted by molar-refractivity contribution is 7.80. The van der Waals surface area contributed by atoms with Crippen LogP contribution in [0.3, 0.4) is 0 Å². The number of para-hydroxylation sites is 1. The van der Waals surface area contributed by atoms with E-state index >= 15 is 0 Å². The normalized spacial score (nSPS) is 13.6. The maximum Gasteiger partial charge on any atom is 0.229 e. The van der Waals surface area contributed by atoms with Crippen molar-refractivity contribution in [2.45, 2.75) is 13.8 Å². The van der Waals surface area contributed by atoms with Gasteiger partial charge in [0.25, 0.3) is 0 Å². The number of hydrogen-bond donors (Lipinski definition) is 3. The Labute approximate surface area is 245 Å². The van der Waals surface area contributed by atoms with Crippen LogP contribution in [0, 0.1) is 13.8 Å². The molecule has 0 bridgehead atoms. The van der Waals surface area contributed by atoms with Gasteiger partial charge in [0, 0.05) is 65.3 Å². The monoisotopic (exact) mass is 570 g/mol. The molecule has 1 aromatic heterocycles. The maximum absolute atomic E-state index is 6.22. The van der Waals surface area contributed by atoms with Crippen molar-refractivity contribution in [1.29, 1.82) is 0 Å². The number of rotatable bonds is 5. The molecule has 0 saturated carbocycles. The zero-order valence-corrected chi connectivity index (χ0v) is 24.0. The summed E-state index contributed by atoms with van der Waals surface area (Å²) < 4.78 is 0. The van der Waals surface area contributed by atoms with Gasteiger partial charge in [0.2, 0.25) is 17.0 Å². The Morgan fingerprint density at radius 3 is 2.10 bits per heavy atom. The van der Waals surface area contributed by atoms with E-state index < -0.39 is 0 Å². The van der Waals surface area contributed by atoms with Crippen LogP contribution in [0.15, 0.2) is 89.9 Å². The number of halogens is 1. The minimum atomic E-state index is 0.341. The van der Waals surface area contributed by atoms with Crippen LogP contribution in [0.1, 0.15) is 11.4 Å². The van der Waals surface area contributed by atoms with Crippen molar-refractivity contribution in [3.63, 3.8) is 0 Å². The Kier molecular flexibility index (Phi) is 8.73. The quantitative estimate of drug-likeness (QED) is 0.143. The fourth-order valence-corrected chi connectivity index (χ4v) is 4.87. The topological polar surface area (TPSA) is 80.7 Å². The zero-order valence-electron chi connectivity index (χ0n) is 22.4. The minimum absolute atomic E-state index is 0.341. The number of nitrogens with zero attached hydrogens (tertiary/aromatic N) is 5. The van der Waals surface area contributed by atoms with E-state index in [1.807, 2.05) is 92.7 Å². The molecular formula is C30H31ClN8S. The molecule has 0 radical (unpaired) electrons. The molecule has 1 fully saturated rings. The summed E-state index contributed by atoms with van der Waals surface area (Å²) in [7, 11) is 0. The molecule has 8 nitrogen and oxygen atoms in total. The second-order valence-corrected chi connectivity index (χ2v) is 10.3. The van der Waals surface area contributed by atoms with Crippen molar-refractivity contribution < 1.29 is 0 Å². The number of guanidine groups is 1. The van der Waals surface area contributed by atoms with E-state index in [0.717, 1.165) is 65.3 Å². The van der Waals surface area contributed by atoms with Crippen molar-refractivity contribution >= 4 is 63.6 Å². The molecule has 3 N–H and O–H groups in total. The largest absolute Gasteiger partial charge is 0.368 e. The van der Waals surface area contributed by atoms with Crippen molar-refractivity contribution in [1.82, 2.24) is 14.9 Å².